The molecule has 1 heterocycles. The van der Waals surface area contributed by atoms with E-state index in [-0.39, 0.29) is 12.4 Å². The van der Waals surface area contributed by atoms with Gasteiger partial charge in [-0.05, 0) is 31.2 Å². The molecule has 1 aromatic rings. The van der Waals surface area contributed by atoms with Gasteiger partial charge in [0.05, 0.1) is 13.2 Å². The van der Waals surface area contributed by atoms with Gasteiger partial charge in [-0.3, -0.25) is 4.79 Å². The highest BCUT2D eigenvalue weighted by Gasteiger charge is 2.42. The van der Waals surface area contributed by atoms with Crippen LogP contribution in [0, 0.1) is 0 Å². The van der Waals surface area contributed by atoms with Crippen LogP contribution in [0.5, 0.6) is 5.75 Å². The van der Waals surface area contributed by atoms with Crippen LogP contribution in [0.4, 0.5) is 0 Å². The molecule has 7 heteroatoms. The molecule has 1 aliphatic rings. The van der Waals surface area contributed by atoms with Crippen molar-refractivity contribution in [1.82, 2.24) is 0 Å². The predicted molar refractivity (Wildman–Crippen MR) is 75.6 cm³/mol. The first-order valence-corrected chi connectivity index (χ1v) is 6.92. The largest absolute Gasteiger partial charge is 0.497 e. The van der Waals surface area contributed by atoms with Gasteiger partial charge in [0.25, 0.3) is 0 Å². The number of aliphatic hydroxyl groups is 3. The maximum atomic E-state index is 12.0. The molecule has 1 aliphatic heterocycles. The van der Waals surface area contributed by atoms with Gasteiger partial charge in [0, 0.05) is 5.56 Å². The minimum Gasteiger partial charge on any atom is -0.497 e. The highest BCUT2D eigenvalue weighted by atomic mass is 16.7. The molecule has 0 aliphatic carbocycles. The molecule has 7 nitrogen and oxygen atoms in total. The molecule has 0 bridgehead atoms. The quantitative estimate of drug-likeness (QED) is 0.642. The van der Waals surface area contributed by atoms with Crippen LogP contribution in [0.3, 0.4) is 0 Å². The second kappa shape index (κ2) is 7.17. The van der Waals surface area contributed by atoms with Gasteiger partial charge >= 0.3 is 0 Å². The summed E-state index contributed by atoms with van der Waals surface area (Å²) in [5.74, 6) is 0.334. The Morgan fingerprint density at radius 3 is 2.36 bits per heavy atom. The van der Waals surface area contributed by atoms with Crippen LogP contribution in [0.2, 0.25) is 0 Å². The van der Waals surface area contributed by atoms with E-state index in [9.17, 15) is 20.1 Å². The third kappa shape index (κ3) is 3.63. The minimum atomic E-state index is -1.42. The fraction of sp³-hybridized carbons (Fsp3) is 0.533. The normalized spacial score (nSPS) is 31.8. The Balaban J connectivity index is 1.92. The minimum absolute atomic E-state index is 0.299. The van der Waals surface area contributed by atoms with Crippen molar-refractivity contribution in [3.63, 3.8) is 0 Å². The summed E-state index contributed by atoms with van der Waals surface area (Å²) in [4.78, 5) is 12.0. The van der Waals surface area contributed by atoms with Gasteiger partial charge in [-0.1, -0.05) is 0 Å². The second-order valence-electron chi connectivity index (χ2n) is 5.14. The highest BCUT2D eigenvalue weighted by Crippen LogP contribution is 2.22. The fourth-order valence-corrected chi connectivity index (χ4v) is 2.17. The Morgan fingerprint density at radius 1 is 1.14 bits per heavy atom. The Morgan fingerprint density at radius 2 is 1.77 bits per heavy atom. The number of Topliss-reactive ketones (excluding diaryl/α,β-unsaturated/α-hetero) is 1. The van der Waals surface area contributed by atoms with Crippen molar-refractivity contribution in [3.05, 3.63) is 29.8 Å². The topological polar surface area (TPSA) is 105 Å². The van der Waals surface area contributed by atoms with E-state index < -0.39 is 30.7 Å². The van der Waals surface area contributed by atoms with Crippen LogP contribution in [-0.2, 0) is 9.47 Å². The van der Waals surface area contributed by atoms with Crippen LogP contribution in [0.1, 0.15) is 17.3 Å². The van der Waals surface area contributed by atoms with Gasteiger partial charge in [-0.15, -0.1) is 0 Å². The van der Waals surface area contributed by atoms with Crippen molar-refractivity contribution < 1.29 is 34.3 Å². The third-order valence-corrected chi connectivity index (χ3v) is 3.60. The lowest BCUT2D eigenvalue weighted by Gasteiger charge is -2.38. The molecule has 0 unspecified atom stereocenters. The molecule has 0 saturated carbocycles. The van der Waals surface area contributed by atoms with Gasteiger partial charge in [0.1, 0.15) is 30.7 Å². The van der Waals surface area contributed by atoms with Crippen molar-refractivity contribution in [3.8, 4) is 5.75 Å². The van der Waals surface area contributed by atoms with E-state index in [4.69, 9.17) is 14.2 Å². The maximum absolute atomic E-state index is 12.0. The molecule has 122 valence electrons. The first kappa shape index (κ1) is 16.9. The molecular formula is C15H20O7. The number of methoxy groups -OCH3 is 1. The van der Waals surface area contributed by atoms with E-state index >= 15 is 0 Å². The van der Waals surface area contributed by atoms with E-state index in [1.54, 1.807) is 31.2 Å². The van der Waals surface area contributed by atoms with Crippen molar-refractivity contribution >= 4 is 5.78 Å². The summed E-state index contributed by atoms with van der Waals surface area (Å²) in [6.07, 6.45) is -5.89. The van der Waals surface area contributed by atoms with Gasteiger partial charge < -0.3 is 29.5 Å². The first-order valence-electron chi connectivity index (χ1n) is 6.92. The van der Waals surface area contributed by atoms with Crippen molar-refractivity contribution in [2.45, 2.75) is 37.6 Å². The van der Waals surface area contributed by atoms with Crippen LogP contribution in [0.15, 0.2) is 24.3 Å². The van der Waals surface area contributed by atoms with Crippen molar-refractivity contribution in [2.24, 2.45) is 0 Å². The van der Waals surface area contributed by atoms with E-state index in [0.717, 1.165) is 0 Å². The Kier molecular flexibility index (Phi) is 5.49. The number of benzene rings is 1. The number of ketones is 1. The molecule has 5 atom stereocenters. The van der Waals surface area contributed by atoms with Crippen LogP contribution in [-0.4, -0.2) is 65.5 Å². The molecular weight excluding hydrogens is 292 g/mol. The van der Waals surface area contributed by atoms with Gasteiger partial charge in [0.15, 0.2) is 12.1 Å². The summed E-state index contributed by atoms with van der Waals surface area (Å²) in [6, 6.07) is 6.51. The number of hydrogen-bond acceptors (Lipinski definition) is 7. The number of aliphatic hydroxyl groups excluding tert-OH is 3. The van der Waals surface area contributed by atoms with Crippen LogP contribution in [0.25, 0.3) is 0 Å². The zero-order chi connectivity index (χ0) is 16.3. The fourth-order valence-electron chi connectivity index (χ4n) is 2.17. The zero-order valence-electron chi connectivity index (χ0n) is 12.4. The summed E-state index contributed by atoms with van der Waals surface area (Å²) in [5.41, 5.74) is 0.430. The SMILES string of the molecule is COc1ccc(C(=O)CO[C@H]2O[C@@H](C)[C@H](O)[C@@H](O)[C@H]2O)cc1. The first-order chi connectivity index (χ1) is 10.4. The summed E-state index contributed by atoms with van der Waals surface area (Å²) in [6.45, 7) is 1.23. The maximum Gasteiger partial charge on any atom is 0.188 e. The number of hydrogen-bond donors (Lipinski definition) is 3. The van der Waals surface area contributed by atoms with E-state index in [1.807, 2.05) is 0 Å². The lowest BCUT2D eigenvalue weighted by Crippen LogP contribution is -2.57. The predicted octanol–water partition coefficient (Wildman–Crippen LogP) is -0.278. The second-order valence-corrected chi connectivity index (χ2v) is 5.14. The lowest BCUT2D eigenvalue weighted by atomic mass is 10.00. The summed E-state index contributed by atoms with van der Waals surface area (Å²) in [5, 5.41) is 29.0. The van der Waals surface area contributed by atoms with Crippen molar-refractivity contribution in [2.75, 3.05) is 13.7 Å². The van der Waals surface area contributed by atoms with Gasteiger partial charge in [0.2, 0.25) is 0 Å². The molecule has 2 rings (SSSR count). The van der Waals surface area contributed by atoms with Crippen LogP contribution < -0.4 is 4.74 Å². The van der Waals surface area contributed by atoms with Gasteiger partial charge in [-0.25, -0.2) is 0 Å². The van der Waals surface area contributed by atoms with Crippen LogP contribution >= 0.6 is 0 Å². The monoisotopic (exact) mass is 312 g/mol. The third-order valence-electron chi connectivity index (χ3n) is 3.60. The zero-order valence-corrected chi connectivity index (χ0v) is 12.4. The molecule has 1 aromatic carbocycles. The average molecular weight is 312 g/mol. The van der Waals surface area contributed by atoms with Crippen molar-refractivity contribution in [1.29, 1.82) is 0 Å². The Labute approximate surface area is 128 Å². The molecule has 0 spiro atoms. The molecule has 1 fully saturated rings. The summed E-state index contributed by atoms with van der Waals surface area (Å²) >= 11 is 0. The molecule has 22 heavy (non-hydrogen) atoms. The highest BCUT2D eigenvalue weighted by molar-refractivity contribution is 5.97. The van der Waals surface area contributed by atoms with E-state index in [1.165, 1.54) is 7.11 Å². The average Bonchev–Trinajstić information content (AvgIpc) is 2.54. The summed E-state index contributed by atoms with van der Waals surface area (Å²) in [7, 11) is 1.53. The van der Waals surface area contributed by atoms with E-state index in [2.05, 4.69) is 0 Å². The number of ether oxygens (including phenoxy) is 3. The number of carbonyl (C=O) groups is 1. The summed E-state index contributed by atoms with van der Waals surface area (Å²) < 4.78 is 15.5. The molecule has 1 saturated heterocycles. The standard InChI is InChI=1S/C15H20O7/c1-8-12(17)13(18)14(19)15(22-8)21-7-11(16)9-3-5-10(20-2)6-4-9/h3-6,8,12-15,17-19H,7H2,1-2H3/t8-,12-,13+,14+,15-/m0/s1. The molecule has 0 amide bonds. The lowest BCUT2D eigenvalue weighted by molar-refractivity contribution is -0.289. The molecule has 0 radical (unpaired) electrons. The molecule has 3 N–H and O–H groups in total. The number of rotatable bonds is 5. The smallest absolute Gasteiger partial charge is 0.188 e. The van der Waals surface area contributed by atoms with E-state index in [0.29, 0.717) is 11.3 Å². The van der Waals surface area contributed by atoms with Gasteiger partial charge in [-0.2, -0.15) is 0 Å². The molecule has 0 aromatic heterocycles. The number of carbonyl (C=O) groups excluding carboxylic acids is 1. The Hall–Kier alpha value is -1.51. The Bertz CT molecular complexity index is 501.